The smallest absolute Gasteiger partial charge is 0.263 e. The minimum atomic E-state index is -3.78. The van der Waals surface area contributed by atoms with Gasteiger partial charge in [-0.25, -0.2) is 13.4 Å². The van der Waals surface area contributed by atoms with E-state index < -0.39 is 10.0 Å². The predicted molar refractivity (Wildman–Crippen MR) is 94.8 cm³/mol. The fraction of sp³-hybridized carbons (Fsp3) is 0.250. The molecule has 3 rings (SSSR count). The van der Waals surface area contributed by atoms with E-state index in [1.54, 1.807) is 43.0 Å². The fourth-order valence-corrected chi connectivity index (χ4v) is 4.47. The first-order valence-corrected chi connectivity index (χ1v) is 9.77. The largest absolute Gasteiger partial charge is 0.325 e. The first-order valence-electron chi connectivity index (χ1n) is 7.40. The number of aromatic nitrogens is 1. The highest BCUT2D eigenvalue weighted by Crippen LogP contribution is 2.36. The molecule has 0 saturated carbocycles. The topological polar surface area (TPSA) is 88.2 Å². The Morgan fingerprint density at radius 2 is 2.08 bits per heavy atom. The van der Waals surface area contributed by atoms with Crippen molar-refractivity contribution in [1.82, 2.24) is 4.98 Å². The monoisotopic (exact) mass is 363 g/mol. The number of pyridine rings is 1. The SMILES string of the molecule is Cc1cccc(NS(=O)(=O)c2ccc3c(c2)NC(=O)CC(C)S3)n1. The maximum absolute atomic E-state index is 12.6. The first-order chi connectivity index (χ1) is 11.3. The van der Waals surface area contributed by atoms with Crippen molar-refractivity contribution in [3.63, 3.8) is 0 Å². The Balaban J connectivity index is 1.93. The summed E-state index contributed by atoms with van der Waals surface area (Å²) < 4.78 is 27.6. The van der Waals surface area contributed by atoms with Crippen molar-refractivity contribution < 1.29 is 13.2 Å². The number of thioether (sulfide) groups is 1. The van der Waals surface area contributed by atoms with Crippen LogP contribution in [0.2, 0.25) is 0 Å². The molecule has 0 fully saturated rings. The molecule has 1 atom stereocenters. The van der Waals surface area contributed by atoms with E-state index in [4.69, 9.17) is 0 Å². The number of nitrogens with one attached hydrogen (secondary N) is 2. The summed E-state index contributed by atoms with van der Waals surface area (Å²) in [4.78, 5) is 16.9. The molecule has 2 aromatic rings. The number of anilines is 2. The Hall–Kier alpha value is -2.06. The summed E-state index contributed by atoms with van der Waals surface area (Å²) in [5.74, 6) is 0.147. The number of rotatable bonds is 3. The lowest BCUT2D eigenvalue weighted by Crippen LogP contribution is -2.16. The van der Waals surface area contributed by atoms with Crippen molar-refractivity contribution in [2.45, 2.75) is 35.3 Å². The summed E-state index contributed by atoms with van der Waals surface area (Å²) in [6.45, 7) is 3.75. The fourth-order valence-electron chi connectivity index (χ4n) is 2.39. The van der Waals surface area contributed by atoms with E-state index in [0.29, 0.717) is 12.1 Å². The Bertz CT molecular complexity index is 897. The molecule has 0 spiro atoms. The van der Waals surface area contributed by atoms with Crippen molar-refractivity contribution in [1.29, 1.82) is 0 Å². The molecule has 8 heteroatoms. The molecule has 1 aromatic heterocycles. The van der Waals surface area contributed by atoms with Crippen LogP contribution in [-0.2, 0) is 14.8 Å². The zero-order chi connectivity index (χ0) is 17.3. The van der Waals surface area contributed by atoms with Gasteiger partial charge in [0.1, 0.15) is 5.82 Å². The summed E-state index contributed by atoms with van der Waals surface area (Å²) in [6.07, 6.45) is 0.396. The van der Waals surface area contributed by atoms with Gasteiger partial charge in [0, 0.05) is 22.3 Å². The van der Waals surface area contributed by atoms with Gasteiger partial charge in [-0.3, -0.25) is 9.52 Å². The second-order valence-corrected chi connectivity index (χ2v) is 8.77. The average Bonchev–Trinajstić information content (AvgIpc) is 2.62. The number of aryl methyl sites for hydroxylation is 1. The Labute approximate surface area is 145 Å². The number of sulfonamides is 1. The van der Waals surface area contributed by atoms with E-state index in [1.165, 1.54) is 12.1 Å². The molecule has 2 heterocycles. The molecule has 0 aliphatic carbocycles. The van der Waals surface area contributed by atoms with E-state index in [-0.39, 0.29) is 21.9 Å². The second-order valence-electron chi connectivity index (χ2n) is 5.61. The van der Waals surface area contributed by atoms with Crippen molar-refractivity contribution in [3.8, 4) is 0 Å². The highest BCUT2D eigenvalue weighted by molar-refractivity contribution is 8.00. The minimum Gasteiger partial charge on any atom is -0.325 e. The van der Waals surface area contributed by atoms with Gasteiger partial charge in [-0.1, -0.05) is 13.0 Å². The van der Waals surface area contributed by atoms with Gasteiger partial charge in [0.25, 0.3) is 10.0 Å². The molecule has 1 amide bonds. The van der Waals surface area contributed by atoms with Crippen molar-refractivity contribution >= 4 is 39.2 Å². The molecular formula is C16H17N3O3S2. The molecule has 0 radical (unpaired) electrons. The zero-order valence-corrected chi connectivity index (χ0v) is 14.9. The van der Waals surface area contributed by atoms with Gasteiger partial charge < -0.3 is 5.32 Å². The number of nitrogens with zero attached hydrogens (tertiary/aromatic N) is 1. The van der Waals surface area contributed by atoms with Crippen LogP contribution in [0.15, 0.2) is 46.2 Å². The van der Waals surface area contributed by atoms with Crippen LogP contribution in [0.1, 0.15) is 19.0 Å². The van der Waals surface area contributed by atoms with Crippen LogP contribution in [0.3, 0.4) is 0 Å². The van der Waals surface area contributed by atoms with Crippen LogP contribution < -0.4 is 10.0 Å². The molecule has 6 nitrogen and oxygen atoms in total. The number of amides is 1. The summed E-state index contributed by atoms with van der Waals surface area (Å²) in [7, 11) is -3.78. The van der Waals surface area contributed by atoms with Gasteiger partial charge in [-0.2, -0.15) is 0 Å². The van der Waals surface area contributed by atoms with E-state index in [9.17, 15) is 13.2 Å². The number of carbonyl (C=O) groups excluding carboxylic acids is 1. The number of carbonyl (C=O) groups is 1. The number of fused-ring (bicyclic) bond motifs is 1. The second kappa shape index (κ2) is 6.45. The molecule has 1 unspecified atom stereocenters. The van der Waals surface area contributed by atoms with Gasteiger partial charge in [-0.15, -0.1) is 11.8 Å². The van der Waals surface area contributed by atoms with Gasteiger partial charge in [0.05, 0.1) is 10.6 Å². The lowest BCUT2D eigenvalue weighted by atomic mass is 10.3. The lowest BCUT2D eigenvalue weighted by Gasteiger charge is -2.11. The molecular weight excluding hydrogens is 346 g/mol. The highest BCUT2D eigenvalue weighted by Gasteiger charge is 2.22. The summed E-state index contributed by atoms with van der Waals surface area (Å²) in [5, 5.41) is 2.91. The number of hydrogen-bond acceptors (Lipinski definition) is 5. The van der Waals surface area contributed by atoms with Crippen LogP contribution in [0.5, 0.6) is 0 Å². The van der Waals surface area contributed by atoms with Gasteiger partial charge in [0.2, 0.25) is 5.91 Å². The van der Waals surface area contributed by atoms with Crippen LogP contribution >= 0.6 is 11.8 Å². The van der Waals surface area contributed by atoms with Crippen LogP contribution in [0.4, 0.5) is 11.5 Å². The van der Waals surface area contributed by atoms with Crippen LogP contribution in [0, 0.1) is 6.92 Å². The Kier molecular flexibility index (Phi) is 4.51. The average molecular weight is 363 g/mol. The van der Waals surface area contributed by atoms with Crippen molar-refractivity contribution in [3.05, 3.63) is 42.1 Å². The van der Waals surface area contributed by atoms with Crippen LogP contribution in [0.25, 0.3) is 0 Å². The molecule has 1 aliphatic heterocycles. The predicted octanol–water partition coefficient (Wildman–Crippen LogP) is 3.01. The number of benzene rings is 1. The standard InChI is InChI=1S/C16H17N3O3S2/c1-10-4-3-5-15(17-10)19-24(21,22)12-6-7-14-13(9-12)18-16(20)8-11(2)23-14/h3-7,9,11H,8H2,1-2H3,(H,17,19)(H,18,20). The van der Waals surface area contributed by atoms with Crippen molar-refractivity contribution in [2.24, 2.45) is 0 Å². The maximum Gasteiger partial charge on any atom is 0.263 e. The molecule has 2 N–H and O–H groups in total. The van der Waals surface area contributed by atoms with Crippen LogP contribution in [-0.4, -0.2) is 24.6 Å². The van der Waals surface area contributed by atoms with E-state index in [2.05, 4.69) is 15.0 Å². The maximum atomic E-state index is 12.6. The molecule has 0 bridgehead atoms. The zero-order valence-electron chi connectivity index (χ0n) is 13.2. The highest BCUT2D eigenvalue weighted by atomic mass is 32.2. The Morgan fingerprint density at radius 1 is 1.29 bits per heavy atom. The number of hydrogen-bond donors (Lipinski definition) is 2. The summed E-state index contributed by atoms with van der Waals surface area (Å²) in [6, 6.07) is 9.85. The first kappa shape index (κ1) is 16.8. The summed E-state index contributed by atoms with van der Waals surface area (Å²) in [5.41, 5.74) is 1.24. The van der Waals surface area contributed by atoms with E-state index in [0.717, 1.165) is 10.6 Å². The summed E-state index contributed by atoms with van der Waals surface area (Å²) >= 11 is 1.55. The molecule has 24 heavy (non-hydrogen) atoms. The third kappa shape index (κ3) is 3.70. The van der Waals surface area contributed by atoms with E-state index in [1.807, 2.05) is 6.92 Å². The third-order valence-electron chi connectivity index (χ3n) is 3.46. The minimum absolute atomic E-state index is 0.0833. The molecule has 0 saturated heterocycles. The van der Waals surface area contributed by atoms with Gasteiger partial charge in [-0.05, 0) is 37.3 Å². The van der Waals surface area contributed by atoms with E-state index >= 15 is 0 Å². The normalized spacial score (nSPS) is 17.6. The Morgan fingerprint density at radius 3 is 2.83 bits per heavy atom. The quantitative estimate of drug-likeness (QED) is 0.875. The molecule has 1 aliphatic rings. The van der Waals surface area contributed by atoms with Crippen molar-refractivity contribution in [2.75, 3.05) is 10.0 Å². The van der Waals surface area contributed by atoms with Gasteiger partial charge >= 0.3 is 0 Å². The lowest BCUT2D eigenvalue weighted by molar-refractivity contribution is -0.116. The van der Waals surface area contributed by atoms with Gasteiger partial charge in [0.15, 0.2) is 0 Å². The molecule has 1 aromatic carbocycles. The molecule has 126 valence electrons. The third-order valence-corrected chi connectivity index (χ3v) is 6.00.